The van der Waals surface area contributed by atoms with E-state index in [2.05, 4.69) is 31.1 Å². The van der Waals surface area contributed by atoms with Crippen molar-refractivity contribution in [3.05, 3.63) is 41.6 Å². The first-order chi connectivity index (χ1) is 13.5. The zero-order chi connectivity index (χ0) is 19.7. The molecule has 2 aromatic heterocycles. The molecule has 0 fully saturated rings. The number of nitrogens with one attached hydrogen (secondary N) is 4. The molecule has 2 aromatic carbocycles. The number of anilines is 3. The third-order valence-electron chi connectivity index (χ3n) is 3.95. The Morgan fingerprint density at radius 1 is 1.21 bits per heavy atom. The van der Waals surface area contributed by atoms with Crippen molar-refractivity contribution in [1.82, 2.24) is 15.2 Å². The number of hydrogen-bond donors (Lipinski definition) is 4. The largest absolute Gasteiger partial charge is 0.376 e. The van der Waals surface area contributed by atoms with Crippen LogP contribution in [-0.4, -0.2) is 33.5 Å². The summed E-state index contributed by atoms with van der Waals surface area (Å²) >= 11 is 7.44. The smallest absolute Gasteiger partial charge is 0.245 e. The summed E-state index contributed by atoms with van der Waals surface area (Å²) in [5.74, 6) is -0.460. The lowest BCUT2D eigenvalue weighted by Gasteiger charge is -2.10. The monoisotopic (exact) mass is 414 g/mol. The third kappa shape index (κ3) is 3.75. The van der Waals surface area contributed by atoms with Crippen molar-refractivity contribution in [3.8, 4) is 0 Å². The molecule has 2 heterocycles. The van der Waals surface area contributed by atoms with Gasteiger partial charge in [0.05, 0.1) is 39.2 Å². The number of rotatable bonds is 5. The van der Waals surface area contributed by atoms with Crippen LogP contribution in [0.1, 0.15) is 6.92 Å². The average Bonchev–Trinajstić information content (AvgIpc) is 3.27. The highest BCUT2D eigenvalue weighted by Gasteiger charge is 2.11. The van der Waals surface area contributed by atoms with Crippen molar-refractivity contribution >= 4 is 72.4 Å². The molecule has 0 aliphatic rings. The summed E-state index contributed by atoms with van der Waals surface area (Å²) in [7, 11) is 0. The van der Waals surface area contributed by atoms with Crippen molar-refractivity contribution in [3.63, 3.8) is 0 Å². The number of amides is 2. The van der Waals surface area contributed by atoms with Gasteiger partial charge in [0.1, 0.15) is 0 Å². The molecule has 28 heavy (non-hydrogen) atoms. The van der Waals surface area contributed by atoms with Gasteiger partial charge in [-0.15, -0.1) is 0 Å². The Kier molecular flexibility index (Phi) is 4.84. The van der Waals surface area contributed by atoms with E-state index in [0.717, 1.165) is 21.1 Å². The average molecular weight is 415 g/mol. The van der Waals surface area contributed by atoms with E-state index in [4.69, 9.17) is 11.6 Å². The Labute approximate surface area is 168 Å². The first kappa shape index (κ1) is 18.2. The second-order valence-electron chi connectivity index (χ2n) is 6.04. The molecule has 0 aliphatic carbocycles. The van der Waals surface area contributed by atoms with Crippen LogP contribution in [0.2, 0.25) is 5.02 Å². The molecule has 4 aromatic rings. The molecule has 10 heteroatoms. The van der Waals surface area contributed by atoms with Crippen LogP contribution in [0.15, 0.2) is 36.5 Å². The predicted molar refractivity (Wildman–Crippen MR) is 112 cm³/mol. The molecule has 8 nitrogen and oxygen atoms in total. The SMILES string of the molecule is CC(=O)Nc1cc(NCC(=O)Nc2nc3ccc4[nH]ncc4c3s2)ccc1Cl. The van der Waals surface area contributed by atoms with Gasteiger partial charge in [-0.25, -0.2) is 4.98 Å². The molecule has 0 saturated carbocycles. The van der Waals surface area contributed by atoms with Crippen molar-refractivity contribution in [2.24, 2.45) is 0 Å². The number of aromatic nitrogens is 3. The summed E-state index contributed by atoms with van der Waals surface area (Å²) in [5, 5.41) is 17.3. The minimum Gasteiger partial charge on any atom is -0.376 e. The van der Waals surface area contributed by atoms with Crippen molar-refractivity contribution in [2.45, 2.75) is 6.92 Å². The molecular formula is C18H15ClN6O2S. The number of carbonyl (C=O) groups is 2. The van der Waals surface area contributed by atoms with Crippen molar-refractivity contribution in [2.75, 3.05) is 22.5 Å². The van der Waals surface area contributed by atoms with Gasteiger partial charge in [-0.05, 0) is 30.3 Å². The van der Waals surface area contributed by atoms with Crippen LogP contribution in [0.25, 0.3) is 21.1 Å². The lowest BCUT2D eigenvalue weighted by molar-refractivity contribution is -0.115. The van der Waals surface area contributed by atoms with Gasteiger partial charge in [0, 0.05) is 18.0 Å². The van der Waals surface area contributed by atoms with E-state index >= 15 is 0 Å². The molecular weight excluding hydrogens is 400 g/mol. The highest BCUT2D eigenvalue weighted by atomic mass is 35.5. The number of fused-ring (bicyclic) bond motifs is 3. The second-order valence-corrected chi connectivity index (χ2v) is 7.45. The minimum absolute atomic E-state index is 0.0399. The zero-order valence-corrected chi connectivity index (χ0v) is 16.2. The standard InChI is InChI=1S/C18H15ClN6O2S/c1-9(26)22-15-6-10(2-3-12(15)19)20-8-16(27)24-18-23-14-5-4-13-11(7-21-25-13)17(14)28-18/h2-7,20H,8H2,1H3,(H,21,25)(H,22,26)(H,23,24,27). The molecule has 0 saturated heterocycles. The Morgan fingerprint density at radius 3 is 2.89 bits per heavy atom. The third-order valence-corrected chi connectivity index (χ3v) is 5.30. The summed E-state index contributed by atoms with van der Waals surface area (Å²) in [5.41, 5.74) is 2.87. The molecule has 142 valence electrons. The van der Waals surface area contributed by atoms with Gasteiger partial charge in [-0.3, -0.25) is 14.7 Å². The van der Waals surface area contributed by atoms with E-state index in [1.54, 1.807) is 24.4 Å². The fourth-order valence-electron chi connectivity index (χ4n) is 2.72. The van der Waals surface area contributed by atoms with Crippen LogP contribution < -0.4 is 16.0 Å². The molecule has 2 amide bonds. The van der Waals surface area contributed by atoms with Crippen LogP contribution in [-0.2, 0) is 9.59 Å². The normalized spacial score (nSPS) is 10.9. The summed E-state index contributed by atoms with van der Waals surface area (Å²) in [6.45, 7) is 1.44. The van der Waals surface area contributed by atoms with E-state index < -0.39 is 0 Å². The summed E-state index contributed by atoms with van der Waals surface area (Å²) in [4.78, 5) is 28.0. The minimum atomic E-state index is -0.237. The molecule has 0 aliphatic heterocycles. The van der Waals surface area contributed by atoms with E-state index in [1.165, 1.54) is 18.3 Å². The van der Waals surface area contributed by atoms with E-state index in [-0.39, 0.29) is 18.4 Å². The highest BCUT2D eigenvalue weighted by molar-refractivity contribution is 7.23. The highest BCUT2D eigenvalue weighted by Crippen LogP contribution is 2.31. The predicted octanol–water partition coefficient (Wildman–Crippen LogP) is 3.84. The maximum absolute atomic E-state index is 12.3. The van der Waals surface area contributed by atoms with Gasteiger partial charge in [-0.1, -0.05) is 22.9 Å². The van der Waals surface area contributed by atoms with Crippen LogP contribution in [0.5, 0.6) is 0 Å². The van der Waals surface area contributed by atoms with Crippen LogP contribution in [0, 0.1) is 0 Å². The van der Waals surface area contributed by atoms with E-state index in [0.29, 0.717) is 21.5 Å². The van der Waals surface area contributed by atoms with Crippen LogP contribution in [0.4, 0.5) is 16.5 Å². The fraction of sp³-hybridized carbons (Fsp3) is 0.111. The molecule has 0 spiro atoms. The lowest BCUT2D eigenvalue weighted by Crippen LogP contribution is -2.21. The molecule has 0 unspecified atom stereocenters. The molecule has 0 bridgehead atoms. The Hall–Kier alpha value is -3.17. The first-order valence-corrected chi connectivity index (χ1v) is 9.52. The van der Waals surface area contributed by atoms with Gasteiger partial charge in [0.25, 0.3) is 0 Å². The first-order valence-electron chi connectivity index (χ1n) is 8.33. The lowest BCUT2D eigenvalue weighted by atomic mass is 10.2. The maximum Gasteiger partial charge on any atom is 0.245 e. The van der Waals surface area contributed by atoms with Gasteiger partial charge < -0.3 is 16.0 Å². The number of thiazole rings is 1. The van der Waals surface area contributed by atoms with Crippen LogP contribution in [0.3, 0.4) is 0 Å². The van der Waals surface area contributed by atoms with E-state index in [9.17, 15) is 9.59 Å². The van der Waals surface area contributed by atoms with Crippen molar-refractivity contribution < 1.29 is 9.59 Å². The topological polar surface area (TPSA) is 112 Å². The fourth-order valence-corrected chi connectivity index (χ4v) is 3.88. The summed E-state index contributed by atoms with van der Waals surface area (Å²) in [6.07, 6.45) is 1.75. The Bertz CT molecular complexity index is 1200. The van der Waals surface area contributed by atoms with Crippen LogP contribution >= 0.6 is 22.9 Å². The van der Waals surface area contributed by atoms with Gasteiger partial charge in [-0.2, -0.15) is 5.10 Å². The molecule has 4 N–H and O–H groups in total. The van der Waals surface area contributed by atoms with Crippen molar-refractivity contribution in [1.29, 1.82) is 0 Å². The van der Waals surface area contributed by atoms with E-state index in [1.807, 2.05) is 12.1 Å². The quantitative estimate of drug-likeness (QED) is 0.396. The van der Waals surface area contributed by atoms with Gasteiger partial charge in [0.2, 0.25) is 11.8 Å². The van der Waals surface area contributed by atoms with Gasteiger partial charge in [0.15, 0.2) is 5.13 Å². The Morgan fingerprint density at radius 2 is 2.07 bits per heavy atom. The van der Waals surface area contributed by atoms with Gasteiger partial charge >= 0.3 is 0 Å². The number of benzene rings is 2. The summed E-state index contributed by atoms with van der Waals surface area (Å²) in [6, 6.07) is 8.84. The number of carbonyl (C=O) groups excluding carboxylic acids is 2. The molecule has 4 rings (SSSR count). The summed E-state index contributed by atoms with van der Waals surface area (Å²) < 4.78 is 0.965. The number of nitrogens with zero attached hydrogens (tertiary/aromatic N) is 2. The molecule has 0 radical (unpaired) electrons. The number of hydrogen-bond acceptors (Lipinski definition) is 6. The number of halogens is 1. The number of H-pyrrole nitrogens is 1. The maximum atomic E-state index is 12.3. The number of aromatic amines is 1. The molecule has 0 atom stereocenters. The second kappa shape index (κ2) is 7.45. The Balaban J connectivity index is 1.43. The zero-order valence-electron chi connectivity index (χ0n) is 14.7.